The summed E-state index contributed by atoms with van der Waals surface area (Å²) in [5.74, 6) is -0.676. The molecule has 2 aromatic heterocycles. The van der Waals surface area contributed by atoms with Gasteiger partial charge in [0.25, 0.3) is 0 Å². The minimum atomic E-state index is -0.507. The van der Waals surface area contributed by atoms with Gasteiger partial charge in [0, 0.05) is 28.4 Å². The van der Waals surface area contributed by atoms with E-state index in [2.05, 4.69) is 14.8 Å². The van der Waals surface area contributed by atoms with Crippen molar-refractivity contribution in [2.75, 3.05) is 6.61 Å². The highest BCUT2D eigenvalue weighted by Gasteiger charge is 2.28. The number of benzene rings is 1. The van der Waals surface area contributed by atoms with E-state index in [1.54, 1.807) is 24.4 Å². The fourth-order valence-electron chi connectivity index (χ4n) is 3.32. The molecule has 1 aromatic carbocycles. The first-order chi connectivity index (χ1) is 12.0. The first kappa shape index (κ1) is 15.6. The van der Waals surface area contributed by atoms with E-state index in [4.69, 9.17) is 4.74 Å². The van der Waals surface area contributed by atoms with Crippen molar-refractivity contribution < 1.29 is 14.3 Å². The van der Waals surface area contributed by atoms with E-state index in [0.29, 0.717) is 17.2 Å². The maximum absolute atomic E-state index is 12.5. The van der Waals surface area contributed by atoms with E-state index in [9.17, 15) is 9.59 Å². The summed E-state index contributed by atoms with van der Waals surface area (Å²) in [6.07, 6.45) is 3.97. The average Bonchev–Trinajstić information content (AvgIpc) is 3.23. The number of fused-ring (bicyclic) bond motifs is 1. The number of hydrogen-bond donors (Lipinski definition) is 1. The van der Waals surface area contributed by atoms with Gasteiger partial charge in [0.15, 0.2) is 6.61 Å². The second-order valence-electron chi connectivity index (χ2n) is 6.56. The van der Waals surface area contributed by atoms with Crippen LogP contribution in [-0.2, 0) is 4.74 Å². The summed E-state index contributed by atoms with van der Waals surface area (Å²) in [5.41, 5.74) is 3.94. The molecule has 0 aliphatic heterocycles. The molecule has 1 fully saturated rings. The predicted octanol–water partition coefficient (Wildman–Crippen LogP) is 3.36. The number of aryl methyl sites for hydroxylation is 1. The van der Waals surface area contributed by atoms with Gasteiger partial charge in [0.1, 0.15) is 0 Å². The molecule has 3 aromatic rings. The van der Waals surface area contributed by atoms with Gasteiger partial charge in [0.2, 0.25) is 5.78 Å². The molecule has 0 bridgehead atoms. The van der Waals surface area contributed by atoms with Gasteiger partial charge >= 0.3 is 5.97 Å². The molecule has 0 radical (unpaired) electrons. The number of nitrogens with zero attached hydrogens (tertiary/aromatic N) is 2. The Hall–Kier alpha value is -2.89. The lowest BCUT2D eigenvalue weighted by Gasteiger charge is -2.08. The van der Waals surface area contributed by atoms with Crippen molar-refractivity contribution in [1.82, 2.24) is 14.8 Å². The fourth-order valence-corrected chi connectivity index (χ4v) is 3.32. The first-order valence-corrected chi connectivity index (χ1v) is 8.36. The van der Waals surface area contributed by atoms with Crippen LogP contribution >= 0.6 is 0 Å². The molecule has 0 spiro atoms. The van der Waals surface area contributed by atoms with Crippen LogP contribution in [0.3, 0.4) is 0 Å². The number of ketones is 1. The monoisotopic (exact) mass is 337 g/mol. The summed E-state index contributed by atoms with van der Waals surface area (Å²) in [4.78, 5) is 24.7. The van der Waals surface area contributed by atoms with Gasteiger partial charge in [-0.15, -0.1) is 0 Å². The standard InChI is InChI=1S/C19H19N3O3/c1-11-7-16(12(2)22(11)15-4-5-15)18(23)10-25-19(24)13-3-6-17-14(8-13)9-20-21-17/h3,6-9,15H,4-5,10H2,1-2H3,(H,20,21). The molecule has 1 aliphatic rings. The molecule has 0 atom stereocenters. The van der Waals surface area contributed by atoms with Gasteiger partial charge in [0.05, 0.1) is 17.3 Å². The summed E-state index contributed by atoms with van der Waals surface area (Å²) >= 11 is 0. The maximum atomic E-state index is 12.5. The Morgan fingerprint density at radius 2 is 2.08 bits per heavy atom. The van der Waals surface area contributed by atoms with E-state index >= 15 is 0 Å². The van der Waals surface area contributed by atoms with E-state index in [-0.39, 0.29) is 12.4 Å². The Morgan fingerprint density at radius 3 is 2.84 bits per heavy atom. The van der Waals surface area contributed by atoms with Gasteiger partial charge in [-0.3, -0.25) is 9.89 Å². The summed E-state index contributed by atoms with van der Waals surface area (Å²) in [6, 6.07) is 7.54. The number of rotatable bonds is 5. The van der Waals surface area contributed by atoms with Crippen LogP contribution in [0.25, 0.3) is 10.9 Å². The molecule has 0 saturated heterocycles. The van der Waals surface area contributed by atoms with E-state index in [0.717, 1.165) is 35.1 Å². The lowest BCUT2D eigenvalue weighted by atomic mass is 10.1. The minimum Gasteiger partial charge on any atom is -0.454 e. The number of carbonyl (C=O) groups excluding carboxylic acids is 2. The van der Waals surface area contributed by atoms with Crippen molar-refractivity contribution in [2.24, 2.45) is 0 Å². The fraction of sp³-hybridized carbons (Fsp3) is 0.316. The second kappa shape index (κ2) is 5.88. The number of carbonyl (C=O) groups is 2. The number of ether oxygens (including phenoxy) is 1. The van der Waals surface area contributed by atoms with Crippen molar-refractivity contribution in [3.63, 3.8) is 0 Å². The van der Waals surface area contributed by atoms with Crippen molar-refractivity contribution in [1.29, 1.82) is 0 Å². The summed E-state index contributed by atoms with van der Waals surface area (Å²) in [6.45, 7) is 3.71. The zero-order chi connectivity index (χ0) is 17.6. The molecule has 4 rings (SSSR count). The topological polar surface area (TPSA) is 77.0 Å². The quantitative estimate of drug-likeness (QED) is 0.572. The number of hydrogen-bond acceptors (Lipinski definition) is 4. The van der Waals surface area contributed by atoms with Gasteiger partial charge in [-0.05, 0) is 51.0 Å². The van der Waals surface area contributed by atoms with Crippen molar-refractivity contribution in [3.8, 4) is 0 Å². The van der Waals surface area contributed by atoms with Crippen LogP contribution in [0.4, 0.5) is 0 Å². The Kier molecular flexibility index (Phi) is 3.67. The summed E-state index contributed by atoms with van der Waals surface area (Å²) in [5, 5.41) is 7.58. The maximum Gasteiger partial charge on any atom is 0.338 e. The molecular formula is C19H19N3O3. The number of esters is 1. The summed E-state index contributed by atoms with van der Waals surface area (Å²) < 4.78 is 7.43. The number of H-pyrrole nitrogens is 1. The van der Waals surface area contributed by atoms with Crippen molar-refractivity contribution >= 4 is 22.7 Å². The normalized spacial score (nSPS) is 14.0. The highest BCUT2D eigenvalue weighted by molar-refractivity contribution is 6.01. The lowest BCUT2D eigenvalue weighted by molar-refractivity contribution is 0.0474. The molecule has 0 amide bonds. The number of Topliss-reactive ketones (excluding diaryl/α,β-unsaturated/α-hetero) is 1. The Bertz CT molecular complexity index is 979. The van der Waals surface area contributed by atoms with Gasteiger partial charge in [-0.2, -0.15) is 5.10 Å². The highest BCUT2D eigenvalue weighted by Crippen LogP contribution is 2.38. The van der Waals surface area contributed by atoms with E-state index < -0.39 is 5.97 Å². The van der Waals surface area contributed by atoms with Gasteiger partial charge in [-0.1, -0.05) is 0 Å². The third kappa shape index (κ3) is 2.84. The molecule has 128 valence electrons. The second-order valence-corrected chi connectivity index (χ2v) is 6.56. The summed E-state index contributed by atoms with van der Waals surface area (Å²) in [7, 11) is 0. The largest absolute Gasteiger partial charge is 0.454 e. The molecule has 1 N–H and O–H groups in total. The number of aromatic nitrogens is 3. The lowest BCUT2D eigenvalue weighted by Crippen LogP contribution is -2.15. The molecule has 0 unspecified atom stereocenters. The third-order valence-corrected chi connectivity index (χ3v) is 4.71. The van der Waals surface area contributed by atoms with Crippen LogP contribution in [0.5, 0.6) is 0 Å². The SMILES string of the molecule is Cc1cc(C(=O)COC(=O)c2ccc3[nH]ncc3c2)c(C)n1C1CC1. The van der Waals surface area contributed by atoms with E-state index in [1.165, 1.54) is 0 Å². The zero-order valence-corrected chi connectivity index (χ0v) is 14.2. The molecule has 1 saturated carbocycles. The zero-order valence-electron chi connectivity index (χ0n) is 14.2. The van der Waals surface area contributed by atoms with Crippen LogP contribution in [-0.4, -0.2) is 33.1 Å². The Morgan fingerprint density at radius 1 is 1.28 bits per heavy atom. The van der Waals surface area contributed by atoms with Gasteiger partial charge < -0.3 is 9.30 Å². The highest BCUT2D eigenvalue weighted by atomic mass is 16.5. The smallest absolute Gasteiger partial charge is 0.338 e. The van der Waals surface area contributed by atoms with Crippen LogP contribution in [0, 0.1) is 13.8 Å². The van der Waals surface area contributed by atoms with E-state index in [1.807, 2.05) is 19.9 Å². The molecule has 6 heteroatoms. The molecule has 25 heavy (non-hydrogen) atoms. The molecule has 1 aliphatic carbocycles. The number of nitrogens with one attached hydrogen (secondary N) is 1. The first-order valence-electron chi connectivity index (χ1n) is 8.36. The average molecular weight is 337 g/mol. The van der Waals surface area contributed by atoms with Crippen LogP contribution < -0.4 is 0 Å². The molecule has 6 nitrogen and oxygen atoms in total. The Balaban J connectivity index is 1.46. The Labute approximate surface area is 144 Å². The third-order valence-electron chi connectivity index (χ3n) is 4.71. The van der Waals surface area contributed by atoms with Gasteiger partial charge in [-0.25, -0.2) is 4.79 Å². The van der Waals surface area contributed by atoms with Crippen molar-refractivity contribution in [3.05, 3.63) is 53.0 Å². The van der Waals surface area contributed by atoms with Crippen LogP contribution in [0.2, 0.25) is 0 Å². The minimum absolute atomic E-state index is 0.169. The number of aromatic amines is 1. The van der Waals surface area contributed by atoms with Crippen LogP contribution in [0.15, 0.2) is 30.5 Å². The molecule has 2 heterocycles. The van der Waals surface area contributed by atoms with Crippen LogP contribution in [0.1, 0.15) is 51.0 Å². The predicted molar refractivity (Wildman–Crippen MR) is 92.9 cm³/mol. The molecular weight excluding hydrogens is 318 g/mol. The van der Waals surface area contributed by atoms with Crippen molar-refractivity contribution in [2.45, 2.75) is 32.7 Å².